The molecule has 0 radical (unpaired) electrons. The molecule has 23 heavy (non-hydrogen) atoms. The molecule has 0 atom stereocenters. The molecule has 0 aliphatic carbocycles. The molecule has 0 aromatic carbocycles. The first kappa shape index (κ1) is 17.4. The zero-order valence-corrected chi connectivity index (χ0v) is 14.7. The summed E-state index contributed by atoms with van der Waals surface area (Å²) in [6.45, 7) is 9.29. The second-order valence-corrected chi connectivity index (χ2v) is 6.21. The van der Waals surface area contributed by atoms with Crippen LogP contribution in [0.5, 0.6) is 0 Å². The minimum Gasteiger partial charge on any atom is -0.351 e. The molecular formula is C17H28N4O2. The van der Waals surface area contributed by atoms with Crippen molar-refractivity contribution in [2.24, 2.45) is 7.05 Å². The van der Waals surface area contributed by atoms with Gasteiger partial charge in [-0.05, 0) is 32.8 Å². The summed E-state index contributed by atoms with van der Waals surface area (Å²) in [5.41, 5.74) is 2.85. The van der Waals surface area contributed by atoms with Crippen molar-refractivity contribution in [3.63, 3.8) is 0 Å². The molecule has 3 amide bonds. The fraction of sp³-hybridized carbons (Fsp3) is 0.647. The van der Waals surface area contributed by atoms with Gasteiger partial charge in [-0.1, -0.05) is 6.92 Å². The zero-order valence-electron chi connectivity index (χ0n) is 14.7. The molecule has 128 valence electrons. The quantitative estimate of drug-likeness (QED) is 0.925. The summed E-state index contributed by atoms with van der Waals surface area (Å²) in [7, 11) is 1.98. The third-order valence-electron chi connectivity index (χ3n) is 4.60. The molecule has 1 aliphatic heterocycles. The van der Waals surface area contributed by atoms with Crippen molar-refractivity contribution in [1.82, 2.24) is 19.7 Å². The summed E-state index contributed by atoms with van der Waals surface area (Å²) in [4.78, 5) is 28.5. The average Bonchev–Trinajstić information content (AvgIpc) is 2.76. The van der Waals surface area contributed by atoms with Crippen molar-refractivity contribution in [3.05, 3.63) is 23.0 Å². The standard InChI is InChI=1S/C17H28N4O2/c1-5-7-18-17(23)21-9-6-8-20(10-11-21)16(22)15-12-13(2)19(4)14(15)3/h12H,5-11H2,1-4H3,(H,18,23). The van der Waals surface area contributed by atoms with Gasteiger partial charge in [-0.2, -0.15) is 0 Å². The number of aromatic nitrogens is 1. The summed E-state index contributed by atoms with van der Waals surface area (Å²) in [6.07, 6.45) is 1.74. The van der Waals surface area contributed by atoms with Gasteiger partial charge < -0.3 is 19.7 Å². The number of hydrogen-bond acceptors (Lipinski definition) is 2. The van der Waals surface area contributed by atoms with Crippen LogP contribution in [0, 0.1) is 13.8 Å². The Balaban J connectivity index is 2.01. The molecule has 0 bridgehead atoms. The van der Waals surface area contributed by atoms with E-state index in [-0.39, 0.29) is 11.9 Å². The van der Waals surface area contributed by atoms with Crippen molar-refractivity contribution in [2.45, 2.75) is 33.6 Å². The van der Waals surface area contributed by atoms with Gasteiger partial charge in [-0.3, -0.25) is 4.79 Å². The molecule has 1 fully saturated rings. The van der Waals surface area contributed by atoms with Gasteiger partial charge in [0.2, 0.25) is 0 Å². The van der Waals surface area contributed by atoms with Gasteiger partial charge in [-0.15, -0.1) is 0 Å². The summed E-state index contributed by atoms with van der Waals surface area (Å²) in [5.74, 6) is 0.0713. The van der Waals surface area contributed by atoms with Crippen LogP contribution in [0.15, 0.2) is 6.07 Å². The van der Waals surface area contributed by atoms with Crippen molar-refractivity contribution in [1.29, 1.82) is 0 Å². The SMILES string of the molecule is CCCNC(=O)N1CCCN(C(=O)c2cc(C)n(C)c2C)CC1. The smallest absolute Gasteiger partial charge is 0.317 e. The maximum atomic E-state index is 12.8. The summed E-state index contributed by atoms with van der Waals surface area (Å²) < 4.78 is 2.04. The second-order valence-electron chi connectivity index (χ2n) is 6.21. The van der Waals surface area contributed by atoms with Gasteiger partial charge in [0.15, 0.2) is 0 Å². The van der Waals surface area contributed by atoms with Crippen LogP contribution in [-0.2, 0) is 7.05 Å². The molecule has 0 unspecified atom stereocenters. The monoisotopic (exact) mass is 320 g/mol. The van der Waals surface area contributed by atoms with Crippen molar-refractivity contribution in [2.75, 3.05) is 32.7 Å². The second kappa shape index (κ2) is 7.53. The maximum Gasteiger partial charge on any atom is 0.317 e. The number of aryl methyl sites for hydroxylation is 1. The normalized spacial score (nSPS) is 15.5. The zero-order chi connectivity index (χ0) is 17.0. The highest BCUT2D eigenvalue weighted by molar-refractivity contribution is 5.95. The van der Waals surface area contributed by atoms with Crippen LogP contribution in [0.4, 0.5) is 4.79 Å². The maximum absolute atomic E-state index is 12.8. The molecule has 0 spiro atoms. The van der Waals surface area contributed by atoms with Crippen LogP contribution in [0.25, 0.3) is 0 Å². The lowest BCUT2D eigenvalue weighted by Crippen LogP contribution is -2.42. The predicted molar refractivity (Wildman–Crippen MR) is 90.7 cm³/mol. The van der Waals surface area contributed by atoms with Gasteiger partial charge in [0.25, 0.3) is 5.91 Å². The Kier molecular flexibility index (Phi) is 5.69. The average molecular weight is 320 g/mol. The number of carbonyl (C=O) groups excluding carboxylic acids is 2. The van der Waals surface area contributed by atoms with E-state index < -0.39 is 0 Å². The molecule has 1 aromatic heterocycles. The van der Waals surface area contributed by atoms with E-state index >= 15 is 0 Å². The van der Waals surface area contributed by atoms with Gasteiger partial charge in [0.1, 0.15) is 0 Å². The van der Waals surface area contributed by atoms with E-state index in [4.69, 9.17) is 0 Å². The lowest BCUT2D eigenvalue weighted by Gasteiger charge is -2.22. The highest BCUT2D eigenvalue weighted by atomic mass is 16.2. The Hall–Kier alpha value is -1.98. The molecule has 1 aromatic rings. The first-order valence-electron chi connectivity index (χ1n) is 8.40. The number of nitrogens with zero attached hydrogens (tertiary/aromatic N) is 3. The fourth-order valence-electron chi connectivity index (χ4n) is 2.91. The van der Waals surface area contributed by atoms with Crippen LogP contribution in [-0.4, -0.2) is 59.0 Å². The van der Waals surface area contributed by atoms with Gasteiger partial charge in [0.05, 0.1) is 5.56 Å². The van der Waals surface area contributed by atoms with E-state index in [1.807, 2.05) is 48.3 Å². The first-order chi connectivity index (χ1) is 11.0. The molecule has 1 N–H and O–H groups in total. The van der Waals surface area contributed by atoms with E-state index in [2.05, 4.69) is 5.32 Å². The summed E-state index contributed by atoms with van der Waals surface area (Å²) in [5, 5.41) is 2.91. The van der Waals surface area contributed by atoms with Crippen LogP contribution >= 0.6 is 0 Å². The molecule has 1 aliphatic rings. The Morgan fingerprint density at radius 1 is 1.13 bits per heavy atom. The van der Waals surface area contributed by atoms with Crippen molar-refractivity contribution >= 4 is 11.9 Å². The number of hydrogen-bond donors (Lipinski definition) is 1. The molecular weight excluding hydrogens is 292 g/mol. The Labute approximate surface area is 138 Å². The lowest BCUT2D eigenvalue weighted by molar-refractivity contribution is 0.0761. The predicted octanol–water partition coefficient (Wildman–Crippen LogP) is 1.91. The van der Waals surface area contributed by atoms with Crippen LogP contribution < -0.4 is 5.32 Å². The van der Waals surface area contributed by atoms with Crippen LogP contribution in [0.2, 0.25) is 0 Å². The number of nitrogens with one attached hydrogen (secondary N) is 1. The number of amides is 3. The van der Waals surface area contributed by atoms with E-state index in [0.717, 1.165) is 29.8 Å². The largest absolute Gasteiger partial charge is 0.351 e. The Morgan fingerprint density at radius 3 is 2.39 bits per heavy atom. The van der Waals surface area contributed by atoms with Gasteiger partial charge >= 0.3 is 6.03 Å². The lowest BCUT2D eigenvalue weighted by atomic mass is 10.2. The topological polar surface area (TPSA) is 57.6 Å². The highest BCUT2D eigenvalue weighted by Crippen LogP contribution is 2.17. The third kappa shape index (κ3) is 3.86. The summed E-state index contributed by atoms with van der Waals surface area (Å²) in [6, 6.07) is 1.93. The van der Waals surface area contributed by atoms with E-state index in [1.165, 1.54) is 0 Å². The van der Waals surface area contributed by atoms with Crippen LogP contribution in [0.3, 0.4) is 0 Å². The number of carbonyl (C=O) groups is 2. The molecule has 6 heteroatoms. The molecule has 1 saturated heterocycles. The minimum absolute atomic E-state index is 0.0205. The first-order valence-corrected chi connectivity index (χ1v) is 8.40. The van der Waals surface area contributed by atoms with Crippen molar-refractivity contribution in [3.8, 4) is 0 Å². The van der Waals surface area contributed by atoms with Crippen molar-refractivity contribution < 1.29 is 9.59 Å². The minimum atomic E-state index is -0.0205. The van der Waals surface area contributed by atoms with Gasteiger partial charge in [0, 0.05) is 51.2 Å². The number of rotatable bonds is 3. The number of urea groups is 1. The molecule has 2 heterocycles. The highest BCUT2D eigenvalue weighted by Gasteiger charge is 2.24. The van der Waals surface area contributed by atoms with E-state index in [0.29, 0.717) is 32.7 Å². The fourth-order valence-corrected chi connectivity index (χ4v) is 2.91. The van der Waals surface area contributed by atoms with Crippen LogP contribution in [0.1, 0.15) is 41.5 Å². The van der Waals surface area contributed by atoms with Gasteiger partial charge in [-0.25, -0.2) is 4.79 Å². The van der Waals surface area contributed by atoms with E-state index in [9.17, 15) is 9.59 Å². The molecule has 0 saturated carbocycles. The third-order valence-corrected chi connectivity index (χ3v) is 4.60. The Bertz CT molecular complexity index is 579. The summed E-state index contributed by atoms with van der Waals surface area (Å²) >= 11 is 0. The molecule has 2 rings (SSSR count). The Morgan fingerprint density at radius 2 is 1.78 bits per heavy atom. The van der Waals surface area contributed by atoms with E-state index in [1.54, 1.807) is 0 Å². The molecule has 6 nitrogen and oxygen atoms in total.